The molecule has 9 heteroatoms. The van der Waals surface area contributed by atoms with Gasteiger partial charge in [-0.25, -0.2) is 4.98 Å². The van der Waals surface area contributed by atoms with Gasteiger partial charge in [0.25, 0.3) is 0 Å². The Bertz CT molecular complexity index is 1210. The number of hydrogen-bond donors (Lipinski definition) is 3. The van der Waals surface area contributed by atoms with Crippen LogP contribution >= 0.6 is 0 Å². The number of carbonyl (C=O) groups excluding carboxylic acids is 2. The number of hydrogen-bond acceptors (Lipinski definition) is 7. The SMILES string of the molecule is CC.CC.CC(=O)n1ccc2c1C(C)NCC2.CC(=O)n1ccc2c1CCNC2C.CC1NCCc2ocnc21. The van der Waals surface area contributed by atoms with Crippen molar-refractivity contribution in [3.05, 3.63) is 64.9 Å². The maximum absolute atomic E-state index is 11.3. The maximum Gasteiger partial charge on any atom is 0.227 e. The summed E-state index contributed by atoms with van der Waals surface area (Å²) in [5, 5.41) is 10.0. The van der Waals surface area contributed by atoms with Gasteiger partial charge in [0.1, 0.15) is 5.76 Å². The number of nitrogens with zero attached hydrogens (tertiary/aromatic N) is 3. The van der Waals surface area contributed by atoms with Crippen molar-refractivity contribution in [2.75, 3.05) is 19.6 Å². The number of oxazole rings is 1. The summed E-state index contributed by atoms with van der Waals surface area (Å²) < 4.78 is 8.67. The number of nitrogens with one attached hydrogen (secondary N) is 3. The highest BCUT2D eigenvalue weighted by atomic mass is 16.3. The lowest BCUT2D eigenvalue weighted by atomic mass is 10.0. The molecule has 0 aromatic carbocycles. The van der Waals surface area contributed by atoms with Crippen molar-refractivity contribution in [3.63, 3.8) is 0 Å². The van der Waals surface area contributed by atoms with Gasteiger partial charge in [0, 0.05) is 75.6 Å². The van der Waals surface area contributed by atoms with E-state index in [1.807, 2.05) is 52.2 Å². The van der Waals surface area contributed by atoms with Crippen molar-refractivity contribution < 1.29 is 14.0 Å². The molecule has 40 heavy (non-hydrogen) atoms. The van der Waals surface area contributed by atoms with Gasteiger partial charge in [-0.2, -0.15) is 0 Å². The zero-order valence-electron chi connectivity index (χ0n) is 25.9. The molecule has 0 bridgehead atoms. The molecular formula is C31H50N6O3. The molecule has 3 atom stereocenters. The molecule has 6 heterocycles. The van der Waals surface area contributed by atoms with Crippen molar-refractivity contribution in [1.82, 2.24) is 30.1 Å². The van der Waals surface area contributed by atoms with E-state index in [4.69, 9.17) is 4.42 Å². The average Bonchev–Trinajstić information content (AvgIpc) is 3.71. The molecule has 0 spiro atoms. The molecule has 3 aromatic rings. The lowest BCUT2D eigenvalue weighted by Gasteiger charge is -2.22. The first-order valence-corrected chi connectivity index (χ1v) is 14.8. The van der Waals surface area contributed by atoms with E-state index in [1.165, 1.54) is 23.2 Å². The van der Waals surface area contributed by atoms with Crippen LogP contribution in [0.5, 0.6) is 0 Å². The van der Waals surface area contributed by atoms with Crippen LogP contribution < -0.4 is 16.0 Å². The maximum atomic E-state index is 11.3. The molecule has 3 N–H and O–H groups in total. The van der Waals surface area contributed by atoms with Gasteiger partial charge >= 0.3 is 0 Å². The van der Waals surface area contributed by atoms with E-state index in [0.717, 1.165) is 56.0 Å². The van der Waals surface area contributed by atoms with Crippen LogP contribution in [0.15, 0.2) is 35.3 Å². The summed E-state index contributed by atoms with van der Waals surface area (Å²) in [6.45, 7) is 20.5. The van der Waals surface area contributed by atoms with E-state index in [9.17, 15) is 9.59 Å². The lowest BCUT2D eigenvalue weighted by molar-refractivity contribution is 0.0923. The molecule has 0 radical (unpaired) electrons. The van der Waals surface area contributed by atoms with E-state index in [-0.39, 0.29) is 11.8 Å². The third-order valence-electron chi connectivity index (χ3n) is 7.14. The summed E-state index contributed by atoms with van der Waals surface area (Å²) in [5.41, 5.74) is 5.96. The van der Waals surface area contributed by atoms with Crippen LogP contribution in [0.3, 0.4) is 0 Å². The van der Waals surface area contributed by atoms with E-state index in [1.54, 1.807) is 23.0 Å². The van der Waals surface area contributed by atoms with Crippen LogP contribution in [0.2, 0.25) is 0 Å². The Hall–Kier alpha value is -3.01. The van der Waals surface area contributed by atoms with Crippen molar-refractivity contribution in [2.45, 2.75) is 99.7 Å². The van der Waals surface area contributed by atoms with E-state index in [0.29, 0.717) is 18.1 Å². The predicted octanol–water partition coefficient (Wildman–Crippen LogP) is 5.64. The van der Waals surface area contributed by atoms with Crippen LogP contribution in [-0.2, 0) is 19.3 Å². The summed E-state index contributed by atoms with van der Waals surface area (Å²) in [7, 11) is 0. The summed E-state index contributed by atoms with van der Waals surface area (Å²) in [6, 6.07) is 5.12. The third kappa shape index (κ3) is 8.02. The molecule has 3 aromatic heterocycles. The van der Waals surface area contributed by atoms with E-state index < -0.39 is 0 Å². The van der Waals surface area contributed by atoms with Crippen LogP contribution in [-0.4, -0.2) is 45.6 Å². The van der Waals surface area contributed by atoms with E-state index in [2.05, 4.69) is 41.7 Å². The summed E-state index contributed by atoms with van der Waals surface area (Å²) in [5.74, 6) is 1.25. The molecule has 0 fully saturated rings. The standard InChI is InChI=1S/2C10H14N2O.C7H10N2O.2C2H6/c1-7-9-4-6-12(8(2)13)10(9)3-5-11-7;1-7-10-9(3-5-11-7)4-6-12(10)8(2)13;1-5-7-6(2-3-8-5)10-4-9-7;2*1-2/h2*4,6-7,11H,3,5H2,1-2H3;4-5,8H,2-3H2,1H3;2*1-2H3. The van der Waals surface area contributed by atoms with Gasteiger partial charge < -0.3 is 20.4 Å². The van der Waals surface area contributed by atoms with Gasteiger partial charge in [0.2, 0.25) is 11.8 Å². The third-order valence-corrected chi connectivity index (χ3v) is 7.14. The molecule has 6 rings (SSSR count). The smallest absolute Gasteiger partial charge is 0.227 e. The van der Waals surface area contributed by atoms with Crippen LogP contribution in [0.4, 0.5) is 0 Å². The first kappa shape index (κ1) is 33.2. The molecule has 3 unspecified atom stereocenters. The van der Waals surface area contributed by atoms with Gasteiger partial charge in [0.05, 0.1) is 11.7 Å². The van der Waals surface area contributed by atoms with Gasteiger partial charge in [-0.15, -0.1) is 0 Å². The van der Waals surface area contributed by atoms with Crippen LogP contribution in [0, 0.1) is 0 Å². The van der Waals surface area contributed by atoms with Gasteiger partial charge in [-0.1, -0.05) is 27.7 Å². The molecule has 9 nitrogen and oxygen atoms in total. The Morgan fingerprint density at radius 2 is 1.38 bits per heavy atom. The second-order valence-electron chi connectivity index (χ2n) is 9.66. The molecule has 0 saturated carbocycles. The van der Waals surface area contributed by atoms with Gasteiger partial charge in [-0.05, 0) is 57.0 Å². The fourth-order valence-electron chi connectivity index (χ4n) is 5.25. The Morgan fingerprint density at radius 1 is 0.800 bits per heavy atom. The zero-order valence-corrected chi connectivity index (χ0v) is 25.9. The summed E-state index contributed by atoms with van der Waals surface area (Å²) >= 11 is 0. The van der Waals surface area contributed by atoms with Crippen LogP contribution in [0.1, 0.15) is 124 Å². The Labute approximate surface area is 240 Å². The number of rotatable bonds is 0. The second-order valence-corrected chi connectivity index (χ2v) is 9.66. The Morgan fingerprint density at radius 3 is 2.02 bits per heavy atom. The Balaban J connectivity index is 0.000000199. The normalized spacial score (nSPS) is 20.2. The minimum Gasteiger partial charge on any atom is -0.448 e. The number of aromatic nitrogens is 3. The second kappa shape index (κ2) is 16.3. The highest BCUT2D eigenvalue weighted by Crippen LogP contribution is 2.24. The molecular weight excluding hydrogens is 504 g/mol. The quantitative estimate of drug-likeness (QED) is 0.330. The lowest BCUT2D eigenvalue weighted by Crippen LogP contribution is -2.30. The predicted molar refractivity (Wildman–Crippen MR) is 161 cm³/mol. The van der Waals surface area contributed by atoms with Crippen molar-refractivity contribution in [2.24, 2.45) is 0 Å². The number of fused-ring (bicyclic) bond motifs is 3. The topological polar surface area (TPSA) is 106 Å². The molecule has 0 saturated heterocycles. The first-order chi connectivity index (χ1) is 19.3. The number of carbonyl (C=O) groups is 2. The summed E-state index contributed by atoms with van der Waals surface area (Å²) in [6.07, 6.45) is 8.22. The summed E-state index contributed by atoms with van der Waals surface area (Å²) in [4.78, 5) is 26.6. The highest BCUT2D eigenvalue weighted by Gasteiger charge is 2.22. The molecule has 0 aliphatic carbocycles. The van der Waals surface area contributed by atoms with Crippen molar-refractivity contribution in [1.29, 1.82) is 0 Å². The minimum atomic E-state index is 0.0943. The first-order valence-electron chi connectivity index (χ1n) is 14.8. The van der Waals surface area contributed by atoms with Gasteiger partial charge in [0.15, 0.2) is 6.39 Å². The molecule has 222 valence electrons. The minimum absolute atomic E-state index is 0.0943. The molecule has 3 aliphatic heterocycles. The van der Waals surface area contributed by atoms with Gasteiger partial charge in [-0.3, -0.25) is 18.7 Å². The fraction of sp³-hybridized carbons (Fsp3) is 0.581. The average molecular weight is 555 g/mol. The fourth-order valence-corrected chi connectivity index (χ4v) is 5.25. The van der Waals surface area contributed by atoms with Crippen molar-refractivity contribution >= 4 is 11.8 Å². The largest absolute Gasteiger partial charge is 0.448 e. The molecule has 0 amide bonds. The monoisotopic (exact) mass is 554 g/mol. The van der Waals surface area contributed by atoms with Crippen LogP contribution in [0.25, 0.3) is 0 Å². The Kier molecular flexibility index (Phi) is 13.5. The zero-order chi connectivity index (χ0) is 29.8. The molecule has 3 aliphatic rings. The van der Waals surface area contributed by atoms with Crippen molar-refractivity contribution in [3.8, 4) is 0 Å². The highest BCUT2D eigenvalue weighted by molar-refractivity contribution is 5.78. The van der Waals surface area contributed by atoms with E-state index >= 15 is 0 Å².